The van der Waals surface area contributed by atoms with Gasteiger partial charge >= 0.3 is 0 Å². The fourth-order valence-electron chi connectivity index (χ4n) is 7.08. The van der Waals surface area contributed by atoms with Gasteiger partial charge in [0.1, 0.15) is 24.7 Å². The third kappa shape index (κ3) is 12.7. The summed E-state index contributed by atoms with van der Waals surface area (Å²) in [6, 6.07) is 32.5. The Bertz CT molecular complexity index is 1710. The molecule has 2 atom stereocenters. The number of benzene rings is 4. The zero-order valence-electron chi connectivity index (χ0n) is 32.4. The predicted octanol–water partition coefficient (Wildman–Crippen LogP) is 8.13. The molecule has 0 aliphatic heterocycles. The molecule has 2 N–H and O–H groups in total. The van der Waals surface area contributed by atoms with E-state index in [9.17, 15) is 4.79 Å². The summed E-state index contributed by atoms with van der Waals surface area (Å²) in [5.41, 5.74) is 13.7. The van der Waals surface area contributed by atoms with E-state index in [0.717, 1.165) is 58.8 Å². The van der Waals surface area contributed by atoms with Crippen molar-refractivity contribution in [3.63, 3.8) is 0 Å². The van der Waals surface area contributed by atoms with Crippen molar-refractivity contribution in [1.29, 1.82) is 0 Å². The third-order valence-electron chi connectivity index (χ3n) is 9.47. The molecule has 5 rings (SSSR count). The molecule has 0 spiro atoms. The fourth-order valence-corrected chi connectivity index (χ4v) is 7.08. The van der Waals surface area contributed by atoms with Gasteiger partial charge in [-0.3, -0.25) is 9.69 Å². The van der Waals surface area contributed by atoms with Gasteiger partial charge in [0.05, 0.1) is 32.5 Å². The molecule has 0 fully saturated rings. The van der Waals surface area contributed by atoms with Crippen molar-refractivity contribution in [3.8, 4) is 22.6 Å². The maximum absolute atomic E-state index is 13.3. The van der Waals surface area contributed by atoms with Gasteiger partial charge < -0.3 is 29.6 Å². The van der Waals surface area contributed by atoms with Crippen LogP contribution in [-0.4, -0.2) is 75.5 Å². The van der Waals surface area contributed by atoms with Crippen molar-refractivity contribution in [2.24, 2.45) is 17.1 Å². The summed E-state index contributed by atoms with van der Waals surface area (Å²) in [5.74, 6) is 2.03. The maximum Gasteiger partial charge on any atom is 0.223 e. The van der Waals surface area contributed by atoms with Gasteiger partial charge in [-0.05, 0) is 82.4 Å². The Morgan fingerprint density at radius 3 is 1.74 bits per heavy atom. The second kappa shape index (κ2) is 19.7. The lowest BCUT2D eigenvalue weighted by Crippen LogP contribution is -2.35. The number of likely N-dealkylation sites (N-methyl/N-ethyl adjacent to an activating group) is 1. The number of carbonyl (C=O) groups is 1. The van der Waals surface area contributed by atoms with E-state index in [1.54, 1.807) is 0 Å². The molecule has 0 aromatic heterocycles. The Hall–Kier alpha value is -4.21. The molecule has 8 heteroatoms. The second-order valence-corrected chi connectivity index (χ2v) is 15.5. The van der Waals surface area contributed by atoms with Crippen LogP contribution in [0.2, 0.25) is 0 Å². The molecule has 1 aliphatic rings. The quantitative estimate of drug-likeness (QED) is 0.0870. The first-order chi connectivity index (χ1) is 25.6. The second-order valence-electron chi connectivity index (χ2n) is 15.5. The zero-order valence-corrected chi connectivity index (χ0v) is 32.4. The highest BCUT2D eigenvalue weighted by Gasteiger charge is 2.27. The summed E-state index contributed by atoms with van der Waals surface area (Å²) in [4.78, 5) is 17.5. The Kier molecular flexibility index (Phi) is 14.9. The van der Waals surface area contributed by atoms with Crippen LogP contribution in [0.3, 0.4) is 0 Å². The van der Waals surface area contributed by atoms with Crippen LogP contribution in [0.1, 0.15) is 68.8 Å². The van der Waals surface area contributed by atoms with Crippen molar-refractivity contribution in [2.45, 2.75) is 59.7 Å². The number of rotatable bonds is 21. The number of carbonyl (C=O) groups excluding carboxylic acids is 1. The number of nitrogens with two attached hydrogens (primary N) is 1. The van der Waals surface area contributed by atoms with Crippen LogP contribution in [0.5, 0.6) is 11.5 Å². The van der Waals surface area contributed by atoms with E-state index in [1.807, 2.05) is 53.4 Å². The Labute approximate surface area is 317 Å². The summed E-state index contributed by atoms with van der Waals surface area (Å²) in [6.45, 7) is 14.6. The lowest BCUT2D eigenvalue weighted by molar-refractivity contribution is -0.133. The van der Waals surface area contributed by atoms with Crippen LogP contribution in [0, 0.1) is 11.3 Å². The van der Waals surface area contributed by atoms with Crippen LogP contribution in [-0.2, 0) is 27.4 Å². The number of fused-ring (bicyclic) bond motifs is 3. The zero-order chi connectivity index (χ0) is 37.6. The first kappa shape index (κ1) is 40.0. The molecule has 2 unspecified atom stereocenters. The van der Waals surface area contributed by atoms with Crippen LogP contribution in [0.25, 0.3) is 11.1 Å². The molecule has 0 bridgehead atoms. The summed E-state index contributed by atoms with van der Waals surface area (Å²) in [7, 11) is 2.10. The van der Waals surface area contributed by atoms with E-state index in [1.165, 1.54) is 5.56 Å². The summed E-state index contributed by atoms with van der Waals surface area (Å²) in [5, 5.41) is 0. The van der Waals surface area contributed by atoms with E-state index < -0.39 is 0 Å². The number of amides is 1. The van der Waals surface area contributed by atoms with Gasteiger partial charge in [0.15, 0.2) is 0 Å². The fraction of sp³-hybridized carbons (Fsp3) is 0.444. The minimum absolute atomic E-state index is 0.169. The number of hydrogen-bond acceptors (Lipinski definition) is 7. The van der Waals surface area contributed by atoms with Gasteiger partial charge in [0.25, 0.3) is 0 Å². The average Bonchev–Trinajstić information content (AvgIpc) is 3.40. The topological polar surface area (TPSA) is 86.5 Å². The summed E-state index contributed by atoms with van der Waals surface area (Å²) in [6.07, 6.45) is 1.54. The van der Waals surface area contributed by atoms with Gasteiger partial charge in [0, 0.05) is 32.6 Å². The highest BCUT2D eigenvalue weighted by Crippen LogP contribution is 2.44. The maximum atomic E-state index is 13.3. The minimum Gasteiger partial charge on any atom is -0.491 e. The number of ether oxygens (including phenoxy) is 4. The molecule has 1 amide bonds. The molecule has 4 aromatic rings. The molecule has 4 aromatic carbocycles. The van der Waals surface area contributed by atoms with Gasteiger partial charge in [-0.25, -0.2) is 0 Å². The lowest BCUT2D eigenvalue weighted by atomic mass is 9.84. The van der Waals surface area contributed by atoms with E-state index in [-0.39, 0.29) is 17.4 Å². The molecule has 53 heavy (non-hydrogen) atoms. The molecule has 0 heterocycles. The van der Waals surface area contributed by atoms with Gasteiger partial charge in [0.2, 0.25) is 5.91 Å². The van der Waals surface area contributed by atoms with E-state index in [4.69, 9.17) is 24.7 Å². The number of nitrogens with zero attached hydrogens (tertiary/aromatic N) is 2. The molecule has 8 nitrogen and oxygen atoms in total. The highest BCUT2D eigenvalue weighted by atomic mass is 16.5. The SMILES string of the molecule is CC(CC(=O)N(CCOCCOc1ccc2c(c1)C(N)c1cc(OCCOCCN(C)Cc3ccccc3)ccc1-2)Cc1ccccc1)CC(C)(C)C. The van der Waals surface area contributed by atoms with E-state index in [0.29, 0.717) is 65.1 Å². The minimum atomic E-state index is -0.265. The Morgan fingerprint density at radius 1 is 0.698 bits per heavy atom. The average molecular weight is 722 g/mol. The van der Waals surface area contributed by atoms with E-state index >= 15 is 0 Å². The van der Waals surface area contributed by atoms with Crippen LogP contribution in [0.15, 0.2) is 97.1 Å². The largest absolute Gasteiger partial charge is 0.491 e. The van der Waals surface area contributed by atoms with Crippen LogP contribution >= 0.6 is 0 Å². The summed E-state index contributed by atoms with van der Waals surface area (Å²) >= 11 is 0. The van der Waals surface area contributed by atoms with Crippen molar-refractivity contribution in [3.05, 3.63) is 119 Å². The first-order valence-electron chi connectivity index (χ1n) is 19.0. The summed E-state index contributed by atoms with van der Waals surface area (Å²) < 4.78 is 23.9. The normalized spacial score (nSPS) is 14.1. The monoisotopic (exact) mass is 721 g/mol. The Morgan fingerprint density at radius 2 is 1.21 bits per heavy atom. The van der Waals surface area contributed by atoms with Gasteiger partial charge in [-0.1, -0.05) is 100 Å². The Balaban J connectivity index is 1.02. The molecular formula is C45H59N3O5. The smallest absolute Gasteiger partial charge is 0.223 e. The van der Waals surface area contributed by atoms with Gasteiger partial charge in [-0.15, -0.1) is 0 Å². The highest BCUT2D eigenvalue weighted by molar-refractivity contribution is 5.80. The van der Waals surface area contributed by atoms with Crippen molar-refractivity contribution >= 4 is 5.91 Å². The standard InChI is InChI=1S/C45H59N3O5/c1-34(31-45(2,3)4)28-43(49)48(33-36-14-10-7-11-15-36)21-23-51-25-27-53-38-17-19-40-39-18-16-37(29-41(39)44(46)42(40)30-38)52-26-24-50-22-20-47(5)32-35-12-8-6-9-13-35/h6-19,29-30,34,44H,20-28,31-33,46H2,1-5H3. The van der Waals surface area contributed by atoms with Crippen LogP contribution in [0.4, 0.5) is 0 Å². The molecule has 0 saturated heterocycles. The molecule has 284 valence electrons. The first-order valence-corrected chi connectivity index (χ1v) is 19.0. The molecule has 0 radical (unpaired) electrons. The molecule has 1 aliphatic carbocycles. The van der Waals surface area contributed by atoms with Crippen molar-refractivity contribution in [2.75, 3.05) is 59.8 Å². The number of hydrogen-bond donors (Lipinski definition) is 1. The van der Waals surface area contributed by atoms with Crippen molar-refractivity contribution < 1.29 is 23.7 Å². The van der Waals surface area contributed by atoms with E-state index in [2.05, 4.69) is 88.2 Å². The predicted molar refractivity (Wildman–Crippen MR) is 213 cm³/mol. The van der Waals surface area contributed by atoms with Crippen LogP contribution < -0.4 is 15.2 Å². The van der Waals surface area contributed by atoms with Gasteiger partial charge in [-0.2, -0.15) is 0 Å². The molecule has 0 saturated carbocycles. The van der Waals surface area contributed by atoms with Crippen molar-refractivity contribution in [1.82, 2.24) is 9.80 Å². The third-order valence-corrected chi connectivity index (χ3v) is 9.47. The molecular weight excluding hydrogens is 663 g/mol. The lowest BCUT2D eigenvalue weighted by Gasteiger charge is -2.27.